The second-order valence-electron chi connectivity index (χ2n) is 5.60. The van der Waals surface area contributed by atoms with Gasteiger partial charge in [0, 0.05) is 10.7 Å². The predicted molar refractivity (Wildman–Crippen MR) is 98.5 cm³/mol. The number of anilines is 1. The molecular formula is C18H19BrClNO2. The number of hydrogen-bond donors (Lipinski definition) is 1. The molecule has 0 unspecified atom stereocenters. The van der Waals surface area contributed by atoms with Crippen LogP contribution in [0.5, 0.6) is 5.75 Å². The summed E-state index contributed by atoms with van der Waals surface area (Å²) in [5, 5.41) is 3.56. The summed E-state index contributed by atoms with van der Waals surface area (Å²) in [5.74, 6) is 0.385. The third-order valence-electron chi connectivity index (χ3n) is 3.49. The molecule has 0 aliphatic heterocycles. The first kappa shape index (κ1) is 17.8. The Morgan fingerprint density at radius 3 is 2.35 bits per heavy atom. The van der Waals surface area contributed by atoms with Crippen LogP contribution in [-0.4, -0.2) is 12.0 Å². The van der Waals surface area contributed by atoms with Gasteiger partial charge in [-0.05, 0) is 73.0 Å². The van der Waals surface area contributed by atoms with E-state index in [1.54, 1.807) is 25.1 Å². The topological polar surface area (TPSA) is 38.3 Å². The van der Waals surface area contributed by atoms with Crippen LogP contribution in [0.4, 0.5) is 5.69 Å². The minimum atomic E-state index is -0.632. The van der Waals surface area contributed by atoms with Gasteiger partial charge < -0.3 is 10.1 Å². The normalized spacial score (nSPS) is 11.9. The summed E-state index contributed by atoms with van der Waals surface area (Å²) in [7, 11) is 0. The first-order valence-electron chi connectivity index (χ1n) is 7.28. The number of halogens is 2. The highest BCUT2D eigenvalue weighted by Gasteiger charge is 2.18. The number of carbonyl (C=O) groups excluding carboxylic acids is 1. The van der Waals surface area contributed by atoms with Crippen LogP contribution in [0.15, 0.2) is 34.8 Å². The molecule has 1 N–H and O–H groups in total. The average Bonchev–Trinajstić information content (AvgIpc) is 2.45. The lowest BCUT2D eigenvalue weighted by Crippen LogP contribution is -2.30. The van der Waals surface area contributed by atoms with E-state index in [1.165, 1.54) is 5.56 Å². The fourth-order valence-corrected chi connectivity index (χ4v) is 3.19. The number of aryl methyl sites for hydroxylation is 3. The summed E-state index contributed by atoms with van der Waals surface area (Å²) in [6.45, 7) is 7.72. The van der Waals surface area contributed by atoms with Crippen molar-refractivity contribution in [1.82, 2.24) is 0 Å². The zero-order valence-corrected chi connectivity index (χ0v) is 15.9. The summed E-state index contributed by atoms with van der Waals surface area (Å²) in [6.07, 6.45) is -0.632. The third kappa shape index (κ3) is 4.49. The standard InChI is InChI=1S/C18H19BrClNO2/c1-10-7-11(2)17(12(3)8-10)21-18(22)13(4)23-16-6-5-14(20)9-15(16)19/h5-9,13H,1-4H3,(H,21,22)/t13-/m0/s1. The first-order chi connectivity index (χ1) is 10.8. The fraction of sp³-hybridized carbons (Fsp3) is 0.278. The molecule has 122 valence electrons. The number of nitrogens with one attached hydrogen (secondary N) is 1. The van der Waals surface area contributed by atoms with E-state index in [0.29, 0.717) is 15.2 Å². The van der Waals surface area contributed by atoms with Gasteiger partial charge in [0.1, 0.15) is 5.75 Å². The molecule has 0 saturated heterocycles. The van der Waals surface area contributed by atoms with Crippen LogP contribution < -0.4 is 10.1 Å². The number of rotatable bonds is 4. The van der Waals surface area contributed by atoms with Gasteiger partial charge in [0.15, 0.2) is 6.10 Å². The Morgan fingerprint density at radius 1 is 1.17 bits per heavy atom. The van der Waals surface area contributed by atoms with Crippen molar-refractivity contribution in [3.05, 3.63) is 56.5 Å². The van der Waals surface area contributed by atoms with Crippen LogP contribution in [-0.2, 0) is 4.79 Å². The van der Waals surface area contributed by atoms with Gasteiger partial charge in [-0.25, -0.2) is 0 Å². The highest BCUT2D eigenvalue weighted by Crippen LogP contribution is 2.29. The summed E-state index contributed by atoms with van der Waals surface area (Å²) in [4.78, 5) is 12.4. The maximum absolute atomic E-state index is 12.4. The molecule has 2 aromatic carbocycles. The number of amides is 1. The molecule has 0 heterocycles. The highest BCUT2D eigenvalue weighted by atomic mass is 79.9. The van der Waals surface area contributed by atoms with Crippen molar-refractivity contribution in [3.63, 3.8) is 0 Å². The molecule has 0 radical (unpaired) electrons. The van der Waals surface area contributed by atoms with E-state index in [0.717, 1.165) is 16.8 Å². The molecule has 1 atom stereocenters. The molecule has 0 aliphatic carbocycles. The van der Waals surface area contributed by atoms with Gasteiger partial charge in [0.2, 0.25) is 0 Å². The minimum absolute atomic E-state index is 0.193. The van der Waals surface area contributed by atoms with Crippen molar-refractivity contribution in [2.45, 2.75) is 33.8 Å². The molecular weight excluding hydrogens is 378 g/mol. The van der Waals surface area contributed by atoms with E-state index in [4.69, 9.17) is 16.3 Å². The van der Waals surface area contributed by atoms with Gasteiger partial charge in [-0.1, -0.05) is 29.3 Å². The zero-order valence-electron chi connectivity index (χ0n) is 13.5. The Bertz CT molecular complexity index is 723. The largest absolute Gasteiger partial charge is 0.480 e. The van der Waals surface area contributed by atoms with Crippen molar-refractivity contribution in [2.75, 3.05) is 5.32 Å². The Hall–Kier alpha value is -1.52. The lowest BCUT2D eigenvalue weighted by Gasteiger charge is -2.18. The number of benzene rings is 2. The second kappa shape index (κ2) is 7.37. The molecule has 0 fully saturated rings. The van der Waals surface area contributed by atoms with E-state index in [9.17, 15) is 4.79 Å². The Balaban J connectivity index is 2.11. The van der Waals surface area contributed by atoms with Crippen LogP contribution in [0.1, 0.15) is 23.6 Å². The van der Waals surface area contributed by atoms with Gasteiger partial charge in [-0.2, -0.15) is 0 Å². The molecule has 3 nitrogen and oxygen atoms in total. The van der Waals surface area contributed by atoms with E-state index >= 15 is 0 Å². The molecule has 2 rings (SSSR count). The van der Waals surface area contributed by atoms with Crippen LogP contribution in [0.2, 0.25) is 5.02 Å². The van der Waals surface area contributed by atoms with Crippen molar-refractivity contribution in [1.29, 1.82) is 0 Å². The molecule has 2 aromatic rings. The first-order valence-corrected chi connectivity index (χ1v) is 8.45. The number of carbonyl (C=O) groups is 1. The van der Waals surface area contributed by atoms with Crippen LogP contribution in [0.25, 0.3) is 0 Å². The lowest BCUT2D eigenvalue weighted by molar-refractivity contribution is -0.122. The maximum Gasteiger partial charge on any atom is 0.265 e. The molecule has 23 heavy (non-hydrogen) atoms. The van der Waals surface area contributed by atoms with Crippen molar-refractivity contribution < 1.29 is 9.53 Å². The smallest absolute Gasteiger partial charge is 0.265 e. The van der Waals surface area contributed by atoms with E-state index in [2.05, 4.69) is 21.2 Å². The van der Waals surface area contributed by atoms with Crippen LogP contribution in [0, 0.1) is 20.8 Å². The van der Waals surface area contributed by atoms with Gasteiger partial charge in [-0.15, -0.1) is 0 Å². The zero-order chi connectivity index (χ0) is 17.1. The van der Waals surface area contributed by atoms with E-state index < -0.39 is 6.10 Å². The Labute approximate surface area is 150 Å². The molecule has 0 aliphatic rings. The van der Waals surface area contributed by atoms with Gasteiger partial charge in [0.25, 0.3) is 5.91 Å². The van der Waals surface area contributed by atoms with Crippen molar-refractivity contribution >= 4 is 39.1 Å². The molecule has 1 amide bonds. The number of ether oxygens (including phenoxy) is 1. The van der Waals surface area contributed by atoms with Gasteiger partial charge in [0.05, 0.1) is 4.47 Å². The Morgan fingerprint density at radius 2 is 1.78 bits per heavy atom. The SMILES string of the molecule is Cc1cc(C)c(NC(=O)[C@H](C)Oc2ccc(Cl)cc2Br)c(C)c1. The monoisotopic (exact) mass is 395 g/mol. The molecule has 0 spiro atoms. The summed E-state index contributed by atoms with van der Waals surface area (Å²) in [5.41, 5.74) is 4.09. The maximum atomic E-state index is 12.4. The second-order valence-corrected chi connectivity index (χ2v) is 6.89. The third-order valence-corrected chi connectivity index (χ3v) is 4.35. The van der Waals surface area contributed by atoms with Crippen LogP contribution in [0.3, 0.4) is 0 Å². The lowest BCUT2D eigenvalue weighted by atomic mass is 10.0. The highest BCUT2D eigenvalue weighted by molar-refractivity contribution is 9.10. The summed E-state index contributed by atoms with van der Waals surface area (Å²) >= 11 is 9.29. The van der Waals surface area contributed by atoms with Crippen LogP contribution >= 0.6 is 27.5 Å². The molecule has 5 heteroatoms. The van der Waals surface area contributed by atoms with E-state index in [-0.39, 0.29) is 5.91 Å². The van der Waals surface area contributed by atoms with Crippen molar-refractivity contribution in [2.24, 2.45) is 0 Å². The number of hydrogen-bond acceptors (Lipinski definition) is 2. The Kier molecular flexibility index (Phi) is 5.71. The van der Waals surface area contributed by atoms with Crippen molar-refractivity contribution in [3.8, 4) is 5.75 Å². The van der Waals surface area contributed by atoms with E-state index in [1.807, 2.05) is 32.9 Å². The van der Waals surface area contributed by atoms with Gasteiger partial charge >= 0.3 is 0 Å². The van der Waals surface area contributed by atoms with Gasteiger partial charge in [-0.3, -0.25) is 4.79 Å². The summed E-state index contributed by atoms with van der Waals surface area (Å²) < 4.78 is 6.44. The fourth-order valence-electron chi connectivity index (χ4n) is 2.42. The quantitative estimate of drug-likeness (QED) is 0.748. The molecule has 0 aromatic heterocycles. The predicted octanol–water partition coefficient (Wildman–Crippen LogP) is 5.43. The average molecular weight is 397 g/mol. The molecule has 0 bridgehead atoms. The summed E-state index contributed by atoms with van der Waals surface area (Å²) in [6, 6.07) is 9.28. The minimum Gasteiger partial charge on any atom is -0.480 e. The molecule has 0 saturated carbocycles.